The number of thioether (sulfide) groups is 1. The van der Waals surface area contributed by atoms with Crippen LogP contribution in [0.3, 0.4) is 0 Å². The summed E-state index contributed by atoms with van der Waals surface area (Å²) >= 11 is 2.34. The van der Waals surface area contributed by atoms with Gasteiger partial charge in [-0.2, -0.15) is 5.26 Å². The maximum atomic E-state index is 11.8. The molecule has 26 heavy (non-hydrogen) atoms. The molecular weight excluding hydrogens is 366 g/mol. The Morgan fingerprint density at radius 3 is 2.77 bits per heavy atom. The molecule has 1 N–H and O–H groups in total. The maximum Gasteiger partial charge on any atom is 0.290 e. The summed E-state index contributed by atoms with van der Waals surface area (Å²) in [6.45, 7) is 1.92. The van der Waals surface area contributed by atoms with Crippen molar-refractivity contribution in [1.82, 2.24) is 10.3 Å². The summed E-state index contributed by atoms with van der Waals surface area (Å²) in [6, 6.07) is 11.8. The monoisotopic (exact) mass is 377 g/mol. The van der Waals surface area contributed by atoms with Crippen LogP contribution in [0, 0.1) is 18.3 Å². The third-order valence-electron chi connectivity index (χ3n) is 3.99. The molecule has 1 aromatic carbocycles. The van der Waals surface area contributed by atoms with Crippen molar-refractivity contribution in [2.45, 2.75) is 6.92 Å². The van der Waals surface area contributed by atoms with Crippen LogP contribution in [0.5, 0.6) is 0 Å². The fourth-order valence-corrected chi connectivity index (χ4v) is 4.46. The number of aryl methyl sites for hydroxylation is 1. The molecule has 0 radical (unpaired) electrons. The molecule has 2 aromatic heterocycles. The molecular formula is C19H11N3O2S2. The highest BCUT2D eigenvalue weighted by Crippen LogP contribution is 2.35. The van der Waals surface area contributed by atoms with Crippen molar-refractivity contribution in [3.8, 4) is 16.5 Å². The summed E-state index contributed by atoms with van der Waals surface area (Å²) in [5.41, 5.74) is 3.58. The number of nitriles is 1. The largest absolute Gasteiger partial charge is 0.290 e. The van der Waals surface area contributed by atoms with Gasteiger partial charge < -0.3 is 0 Å². The van der Waals surface area contributed by atoms with E-state index in [4.69, 9.17) is 0 Å². The highest BCUT2D eigenvalue weighted by molar-refractivity contribution is 8.18. The van der Waals surface area contributed by atoms with E-state index < -0.39 is 0 Å². The SMILES string of the molecule is Cc1cc(-c2ccnc3ccc(/C=C4\SC(=O)NC4=O)cc23)sc1C#N. The van der Waals surface area contributed by atoms with E-state index in [-0.39, 0.29) is 11.1 Å². The number of carbonyl (C=O) groups is 2. The first-order chi connectivity index (χ1) is 12.5. The van der Waals surface area contributed by atoms with Crippen LogP contribution < -0.4 is 5.32 Å². The van der Waals surface area contributed by atoms with Crippen LogP contribution >= 0.6 is 23.1 Å². The predicted octanol–water partition coefficient (Wildman–Crippen LogP) is 4.47. The van der Waals surface area contributed by atoms with Crippen LogP contribution in [0.4, 0.5) is 4.79 Å². The van der Waals surface area contributed by atoms with Crippen LogP contribution in [0.15, 0.2) is 41.4 Å². The maximum absolute atomic E-state index is 11.8. The van der Waals surface area contributed by atoms with Crippen molar-refractivity contribution in [3.63, 3.8) is 0 Å². The Morgan fingerprint density at radius 2 is 2.08 bits per heavy atom. The highest BCUT2D eigenvalue weighted by Gasteiger charge is 2.25. The van der Waals surface area contributed by atoms with Gasteiger partial charge in [0.05, 0.1) is 10.4 Å². The fourth-order valence-electron chi connectivity index (χ4n) is 2.77. The van der Waals surface area contributed by atoms with Gasteiger partial charge in [-0.25, -0.2) is 0 Å². The van der Waals surface area contributed by atoms with Gasteiger partial charge in [-0.3, -0.25) is 19.9 Å². The molecule has 0 unspecified atom stereocenters. The van der Waals surface area contributed by atoms with Gasteiger partial charge in [-0.15, -0.1) is 11.3 Å². The Kier molecular flexibility index (Phi) is 4.07. The normalized spacial score (nSPS) is 15.5. The van der Waals surface area contributed by atoms with Crippen molar-refractivity contribution < 1.29 is 9.59 Å². The Morgan fingerprint density at radius 1 is 1.23 bits per heavy atom. The van der Waals surface area contributed by atoms with Crippen molar-refractivity contribution >= 4 is 51.2 Å². The number of hydrogen-bond acceptors (Lipinski definition) is 6. The van der Waals surface area contributed by atoms with Crippen molar-refractivity contribution in [1.29, 1.82) is 5.26 Å². The van der Waals surface area contributed by atoms with Crippen molar-refractivity contribution in [2.24, 2.45) is 0 Å². The third-order valence-corrected chi connectivity index (χ3v) is 5.98. The number of fused-ring (bicyclic) bond motifs is 1. The van der Waals surface area contributed by atoms with Gasteiger partial charge in [0.25, 0.3) is 11.1 Å². The molecule has 0 saturated carbocycles. The minimum absolute atomic E-state index is 0.359. The van der Waals surface area contributed by atoms with E-state index in [9.17, 15) is 14.9 Å². The second-order valence-electron chi connectivity index (χ2n) is 5.72. The lowest BCUT2D eigenvalue weighted by molar-refractivity contribution is -0.115. The van der Waals surface area contributed by atoms with Crippen LogP contribution in [-0.4, -0.2) is 16.1 Å². The number of imide groups is 1. The second kappa shape index (κ2) is 6.41. The Hall–Kier alpha value is -2.95. The second-order valence-corrected chi connectivity index (χ2v) is 7.79. The fraction of sp³-hybridized carbons (Fsp3) is 0.0526. The zero-order valence-electron chi connectivity index (χ0n) is 13.6. The molecule has 1 aliphatic rings. The van der Waals surface area contributed by atoms with E-state index in [0.717, 1.165) is 44.2 Å². The van der Waals surface area contributed by atoms with Crippen LogP contribution in [0.25, 0.3) is 27.4 Å². The molecule has 3 aromatic rings. The molecule has 3 heterocycles. The van der Waals surface area contributed by atoms with E-state index in [0.29, 0.717) is 9.78 Å². The average molecular weight is 377 g/mol. The minimum Gasteiger partial charge on any atom is -0.282 e. The lowest BCUT2D eigenvalue weighted by Crippen LogP contribution is -2.17. The highest BCUT2D eigenvalue weighted by atomic mass is 32.2. The Balaban J connectivity index is 1.85. The molecule has 0 bridgehead atoms. The Labute approximate surface area is 157 Å². The summed E-state index contributed by atoms with van der Waals surface area (Å²) < 4.78 is 0. The molecule has 126 valence electrons. The van der Waals surface area contributed by atoms with Gasteiger partial charge >= 0.3 is 0 Å². The number of pyridine rings is 1. The number of thiophene rings is 1. The van der Waals surface area contributed by atoms with Crippen LogP contribution in [0.2, 0.25) is 0 Å². The smallest absolute Gasteiger partial charge is 0.282 e. The van der Waals surface area contributed by atoms with Crippen molar-refractivity contribution in [2.75, 3.05) is 0 Å². The average Bonchev–Trinajstić information content (AvgIpc) is 3.15. The first-order valence-corrected chi connectivity index (χ1v) is 9.33. The van der Waals surface area contributed by atoms with Gasteiger partial charge in [-0.05, 0) is 60.2 Å². The number of carbonyl (C=O) groups excluding carboxylic acids is 2. The molecule has 5 nitrogen and oxygen atoms in total. The summed E-state index contributed by atoms with van der Waals surface area (Å²) in [6.07, 6.45) is 3.44. The predicted molar refractivity (Wildman–Crippen MR) is 104 cm³/mol. The summed E-state index contributed by atoms with van der Waals surface area (Å²) in [5.74, 6) is -0.376. The van der Waals surface area contributed by atoms with E-state index >= 15 is 0 Å². The number of nitrogens with zero attached hydrogens (tertiary/aromatic N) is 2. The molecule has 1 saturated heterocycles. The molecule has 1 fully saturated rings. The van der Waals surface area contributed by atoms with Gasteiger partial charge in [0.1, 0.15) is 10.9 Å². The lowest BCUT2D eigenvalue weighted by atomic mass is 10.0. The summed E-state index contributed by atoms with van der Waals surface area (Å²) in [5, 5.41) is 12.0. The van der Waals surface area contributed by atoms with E-state index in [1.165, 1.54) is 11.3 Å². The van der Waals surface area contributed by atoms with Gasteiger partial charge in [0, 0.05) is 22.0 Å². The lowest BCUT2D eigenvalue weighted by Gasteiger charge is -2.05. The van der Waals surface area contributed by atoms with Crippen LogP contribution in [0.1, 0.15) is 16.0 Å². The number of aromatic nitrogens is 1. The quantitative estimate of drug-likeness (QED) is 0.666. The number of benzene rings is 1. The van der Waals surface area contributed by atoms with Crippen molar-refractivity contribution in [3.05, 3.63) is 57.4 Å². The molecule has 2 amide bonds. The zero-order valence-corrected chi connectivity index (χ0v) is 15.2. The van der Waals surface area contributed by atoms with Gasteiger partial charge in [0.2, 0.25) is 0 Å². The zero-order chi connectivity index (χ0) is 18.3. The van der Waals surface area contributed by atoms with E-state index in [1.54, 1.807) is 12.3 Å². The number of nitrogens with one attached hydrogen (secondary N) is 1. The summed E-state index contributed by atoms with van der Waals surface area (Å²) in [4.78, 5) is 29.5. The molecule has 4 rings (SSSR count). The van der Waals surface area contributed by atoms with E-state index in [1.807, 2.05) is 37.3 Å². The van der Waals surface area contributed by atoms with E-state index in [2.05, 4.69) is 16.4 Å². The number of hydrogen-bond donors (Lipinski definition) is 1. The molecule has 1 aliphatic heterocycles. The summed E-state index contributed by atoms with van der Waals surface area (Å²) in [7, 11) is 0. The first kappa shape index (κ1) is 16.5. The molecule has 0 spiro atoms. The number of amides is 2. The Bertz CT molecular complexity index is 1160. The third kappa shape index (κ3) is 2.90. The van der Waals surface area contributed by atoms with Crippen LogP contribution in [-0.2, 0) is 4.79 Å². The minimum atomic E-state index is -0.376. The van der Waals surface area contributed by atoms with Gasteiger partial charge in [0.15, 0.2) is 0 Å². The standard InChI is InChI=1S/C19H11N3O2S2/c1-10-6-15(25-17(10)9-20)12-4-5-21-14-3-2-11(7-13(12)14)8-16-18(23)22-19(24)26-16/h2-8H,1H3,(H,22,23,24)/b16-8-. The number of rotatable bonds is 2. The first-order valence-electron chi connectivity index (χ1n) is 7.69. The topological polar surface area (TPSA) is 82.8 Å². The molecule has 7 heteroatoms. The van der Waals surface area contributed by atoms with Gasteiger partial charge in [-0.1, -0.05) is 6.07 Å². The molecule has 0 atom stereocenters. The molecule has 0 aliphatic carbocycles.